The minimum atomic E-state index is -4.36. The molecule has 0 aromatic carbocycles. The molecule has 6 unspecified atom stereocenters. The molecule has 3 aliphatic rings. The van der Waals surface area contributed by atoms with E-state index in [2.05, 4.69) is 42.2 Å². The maximum atomic E-state index is 13.5. The van der Waals surface area contributed by atoms with Crippen molar-refractivity contribution in [3.05, 3.63) is 29.3 Å². The van der Waals surface area contributed by atoms with Crippen LogP contribution in [0.3, 0.4) is 0 Å². The predicted octanol–water partition coefficient (Wildman–Crippen LogP) is -1.29. The van der Waals surface area contributed by atoms with Gasteiger partial charge in [0.1, 0.15) is 48.5 Å². The van der Waals surface area contributed by atoms with Crippen molar-refractivity contribution in [3.63, 3.8) is 0 Å². The van der Waals surface area contributed by atoms with Gasteiger partial charge in [0.2, 0.25) is 5.95 Å². The van der Waals surface area contributed by atoms with Gasteiger partial charge >= 0.3 is 13.5 Å². The highest BCUT2D eigenvalue weighted by atomic mass is 32.7. The van der Waals surface area contributed by atoms with Crippen LogP contribution in [0.25, 0.3) is 22.3 Å². The summed E-state index contributed by atoms with van der Waals surface area (Å²) in [6.07, 6.45) is -7.36. The Bertz CT molecular complexity index is 1940. The highest BCUT2D eigenvalue weighted by Crippen LogP contribution is 2.58. The first-order chi connectivity index (χ1) is 21.3. The second-order valence-corrected chi connectivity index (χ2v) is 15.8. The fourth-order valence-electron chi connectivity index (χ4n) is 5.28. The predicted molar refractivity (Wildman–Crippen MR) is 157 cm³/mol. The molecule has 0 spiro atoms. The van der Waals surface area contributed by atoms with E-state index in [1.54, 1.807) is 0 Å². The number of aliphatic hydroxyl groups is 2. The Morgan fingerprint density at radius 3 is 2.22 bits per heavy atom. The van der Waals surface area contributed by atoms with E-state index in [4.69, 9.17) is 50.8 Å². The van der Waals surface area contributed by atoms with Crippen molar-refractivity contribution < 1.29 is 47.2 Å². The van der Waals surface area contributed by atoms with Crippen molar-refractivity contribution in [1.29, 1.82) is 0 Å². The number of nitrogens with zero attached hydrogens (tertiary/aromatic N) is 7. The molecule has 4 aromatic heterocycles. The molecule has 0 saturated carbocycles. The summed E-state index contributed by atoms with van der Waals surface area (Å²) in [6, 6.07) is 0. The first kappa shape index (κ1) is 31.0. The summed E-state index contributed by atoms with van der Waals surface area (Å²) < 4.78 is 50.5. The maximum Gasteiger partial charge on any atom is 0.386 e. The molecule has 10 atom stereocenters. The summed E-state index contributed by atoms with van der Waals surface area (Å²) in [5, 5.41) is 22.4. The van der Waals surface area contributed by atoms with Gasteiger partial charge in [0.15, 0.2) is 35.1 Å². The van der Waals surface area contributed by atoms with E-state index in [1.165, 1.54) is 28.1 Å². The lowest BCUT2D eigenvalue weighted by Gasteiger charge is -2.27. The normalized spacial score (nSPS) is 37.7. The van der Waals surface area contributed by atoms with Crippen LogP contribution in [0.5, 0.6) is 0 Å². The van der Waals surface area contributed by atoms with Crippen LogP contribution in [-0.4, -0.2) is 104 Å². The fourth-order valence-corrected chi connectivity index (χ4v) is 8.15. The van der Waals surface area contributed by atoms with Crippen molar-refractivity contribution >= 4 is 71.7 Å². The molecule has 3 fully saturated rings. The average molecular weight is 707 g/mol. The van der Waals surface area contributed by atoms with Crippen molar-refractivity contribution in [2.45, 2.75) is 49.1 Å². The highest BCUT2D eigenvalue weighted by molar-refractivity contribution is 8.44. The van der Waals surface area contributed by atoms with E-state index in [0.29, 0.717) is 0 Å². The molecule has 8 N–H and O–H groups in total. The Hall–Kier alpha value is -2.63. The zero-order valence-electron chi connectivity index (χ0n) is 22.4. The van der Waals surface area contributed by atoms with Crippen LogP contribution in [0.1, 0.15) is 12.5 Å². The Morgan fingerprint density at radius 2 is 1.53 bits per heavy atom. The van der Waals surface area contributed by atoms with Crippen LogP contribution in [0.15, 0.2) is 23.8 Å². The Labute approximate surface area is 260 Å². The lowest BCUT2D eigenvalue weighted by molar-refractivity contribution is -0.0600. The SMILES string of the molecule is Nc1nc2c(ncn2[C@@H]2O[C@@H]3COP(O)(=S)OC4C(O)[C@@H](COP(=O)(S)OC2C3O)O[C@H]4n2cnc3c(N)ncnc32)c(=O)[nH]1. The molecule has 21 nitrogen and oxygen atoms in total. The number of ether oxygens (including phenoxy) is 2. The van der Waals surface area contributed by atoms with Crippen LogP contribution in [-0.2, 0) is 43.9 Å². The number of aliphatic hydroxyl groups excluding tert-OH is 2. The number of aromatic amines is 1. The van der Waals surface area contributed by atoms with Crippen LogP contribution in [0.2, 0.25) is 0 Å². The largest absolute Gasteiger partial charge is 0.387 e. The second kappa shape index (κ2) is 11.3. The smallest absolute Gasteiger partial charge is 0.386 e. The number of thiol groups is 1. The van der Waals surface area contributed by atoms with Gasteiger partial charge in [-0.1, -0.05) is 12.2 Å². The van der Waals surface area contributed by atoms with Gasteiger partial charge in [0, 0.05) is 0 Å². The van der Waals surface area contributed by atoms with Gasteiger partial charge in [0.05, 0.1) is 25.9 Å². The first-order valence-electron chi connectivity index (χ1n) is 13.0. The molecule has 242 valence electrons. The maximum absolute atomic E-state index is 13.5. The van der Waals surface area contributed by atoms with E-state index >= 15 is 0 Å². The van der Waals surface area contributed by atoms with E-state index in [-0.39, 0.29) is 34.1 Å². The standard InChI is InChI=1S/C20H24N10O11P2S2/c21-14-8-15(24-3-23-14)29(4-25-8)18-12-10(31)6(38-18)1-36-43(35,45)41-13-11(32)7(2-37-42(34,44)40-12)39-19(13)30-5-26-9-16(30)27-20(22)28-17(9)33/h3-7,10-13,18-19,31-32H,1-2H2,(H,34,44)(H,35,45)(H2,21,23,24)(H3,22,27,28,33)/t6-,7-,10?,11?,12?,13?,18-,19-,42?,43?/m1/s1. The summed E-state index contributed by atoms with van der Waals surface area (Å²) in [4.78, 5) is 46.1. The number of H-pyrrole nitrogens is 1. The molecule has 0 amide bonds. The number of imidazole rings is 2. The summed E-state index contributed by atoms with van der Waals surface area (Å²) in [6.45, 7) is -9.71. The van der Waals surface area contributed by atoms with Crippen LogP contribution in [0.4, 0.5) is 11.8 Å². The Morgan fingerprint density at radius 1 is 0.933 bits per heavy atom. The molecular weight excluding hydrogens is 682 g/mol. The molecule has 4 bridgehead atoms. The van der Waals surface area contributed by atoms with Gasteiger partial charge in [-0.25, -0.2) is 24.5 Å². The number of fused-ring (bicyclic) bond motifs is 6. The number of nitrogens with two attached hydrogens (primary N) is 2. The minimum absolute atomic E-state index is 0.0361. The number of aromatic nitrogens is 8. The summed E-state index contributed by atoms with van der Waals surface area (Å²) >= 11 is 9.31. The Kier molecular flexibility index (Phi) is 7.76. The van der Waals surface area contributed by atoms with E-state index in [0.717, 1.165) is 0 Å². The summed E-state index contributed by atoms with van der Waals surface area (Å²) in [5.41, 5.74) is 11.3. The van der Waals surface area contributed by atoms with Gasteiger partial charge < -0.3 is 40.6 Å². The van der Waals surface area contributed by atoms with Crippen molar-refractivity contribution in [3.8, 4) is 0 Å². The highest BCUT2D eigenvalue weighted by Gasteiger charge is 2.53. The molecule has 7 rings (SSSR count). The third-order valence-corrected chi connectivity index (χ3v) is 10.5. The fraction of sp³-hybridized carbons (Fsp3) is 0.500. The molecule has 45 heavy (non-hydrogen) atoms. The van der Waals surface area contributed by atoms with Crippen LogP contribution in [0, 0.1) is 0 Å². The summed E-state index contributed by atoms with van der Waals surface area (Å²) in [7, 11) is 0. The van der Waals surface area contributed by atoms with Crippen molar-refractivity contribution in [2.24, 2.45) is 0 Å². The van der Waals surface area contributed by atoms with Gasteiger partial charge in [-0.05, 0) is 11.8 Å². The van der Waals surface area contributed by atoms with E-state index in [9.17, 15) is 24.5 Å². The van der Waals surface area contributed by atoms with Crippen LogP contribution >= 0.6 is 25.8 Å². The summed E-state index contributed by atoms with van der Waals surface area (Å²) in [5.74, 6) is -0.144. The van der Waals surface area contributed by atoms with Gasteiger partial charge in [-0.2, -0.15) is 4.98 Å². The third kappa shape index (κ3) is 5.56. The van der Waals surface area contributed by atoms with Crippen molar-refractivity contribution in [2.75, 3.05) is 24.7 Å². The quantitative estimate of drug-likeness (QED) is 0.0942. The van der Waals surface area contributed by atoms with Gasteiger partial charge in [-0.3, -0.25) is 32.5 Å². The number of hydrogen-bond acceptors (Lipinski definition) is 18. The van der Waals surface area contributed by atoms with Gasteiger partial charge in [0.25, 0.3) is 5.56 Å². The molecule has 4 aromatic rings. The molecular formula is C20H24N10O11P2S2. The van der Waals surface area contributed by atoms with Crippen LogP contribution < -0.4 is 17.0 Å². The average Bonchev–Trinajstić information content (AvgIpc) is 3.72. The van der Waals surface area contributed by atoms with E-state index < -0.39 is 81.4 Å². The topological polar surface area (TPSA) is 292 Å². The number of hydrogen-bond donors (Lipinski definition) is 7. The molecule has 25 heteroatoms. The third-order valence-electron chi connectivity index (χ3n) is 7.33. The van der Waals surface area contributed by atoms with E-state index in [1.807, 2.05) is 0 Å². The lowest BCUT2D eigenvalue weighted by atomic mass is 10.1. The number of nitrogen functional groups attached to an aromatic ring is 2. The lowest BCUT2D eigenvalue weighted by Crippen LogP contribution is -2.37. The molecule has 3 aliphatic heterocycles. The second-order valence-electron chi connectivity index (χ2n) is 10.1. The molecule has 3 saturated heterocycles. The molecule has 0 radical (unpaired) electrons. The van der Waals surface area contributed by atoms with Gasteiger partial charge in [-0.15, -0.1) is 0 Å². The Balaban J connectivity index is 1.23. The monoisotopic (exact) mass is 706 g/mol. The zero-order valence-corrected chi connectivity index (χ0v) is 25.9. The zero-order chi connectivity index (χ0) is 31.8. The molecule has 0 aliphatic carbocycles. The van der Waals surface area contributed by atoms with Crippen molar-refractivity contribution in [1.82, 2.24) is 39.0 Å². The molecule has 7 heterocycles. The minimum Gasteiger partial charge on any atom is -0.387 e. The number of nitrogens with one attached hydrogen (secondary N) is 1. The first-order valence-corrected chi connectivity index (χ1v) is 18.2. The number of rotatable bonds is 2. The number of anilines is 2.